The zero-order valence-electron chi connectivity index (χ0n) is 17.3. The van der Waals surface area contributed by atoms with E-state index < -0.39 is 30.5 Å². The van der Waals surface area contributed by atoms with Crippen molar-refractivity contribution in [2.24, 2.45) is 0 Å². The highest BCUT2D eigenvalue weighted by atomic mass is 35.5. The lowest BCUT2D eigenvalue weighted by atomic mass is 10.2. The molecule has 1 heterocycles. The molecule has 2 amide bonds. The van der Waals surface area contributed by atoms with Crippen molar-refractivity contribution in [1.82, 2.24) is 10.9 Å². The third-order valence-corrected chi connectivity index (χ3v) is 4.50. The van der Waals surface area contributed by atoms with Gasteiger partial charge in [0.15, 0.2) is 29.6 Å². The SMILES string of the molecule is CCOc1c(Cl)cc(C(=O)OCC(=O)NNC(=O)C2COc3ccccc3O2)cc1OC. The fourth-order valence-corrected chi connectivity index (χ4v) is 3.00. The van der Waals surface area contributed by atoms with E-state index in [1.165, 1.54) is 19.2 Å². The number of para-hydroxylation sites is 2. The molecule has 0 aromatic heterocycles. The molecule has 0 saturated heterocycles. The molecule has 0 aliphatic carbocycles. The molecule has 1 atom stereocenters. The summed E-state index contributed by atoms with van der Waals surface area (Å²) < 4.78 is 26.5. The van der Waals surface area contributed by atoms with Crippen LogP contribution in [-0.2, 0) is 14.3 Å². The van der Waals surface area contributed by atoms with Crippen LogP contribution >= 0.6 is 11.6 Å². The monoisotopic (exact) mass is 464 g/mol. The van der Waals surface area contributed by atoms with Crippen LogP contribution < -0.4 is 29.8 Å². The second-order valence-electron chi connectivity index (χ2n) is 6.40. The Hall–Kier alpha value is -3.66. The van der Waals surface area contributed by atoms with Crippen LogP contribution in [-0.4, -0.2) is 50.8 Å². The summed E-state index contributed by atoms with van der Waals surface area (Å²) in [5.41, 5.74) is 4.42. The number of hydrogen-bond acceptors (Lipinski definition) is 8. The molecule has 0 radical (unpaired) electrons. The van der Waals surface area contributed by atoms with Crippen molar-refractivity contribution < 1.29 is 38.1 Å². The topological polar surface area (TPSA) is 121 Å². The number of amides is 2. The average molecular weight is 465 g/mol. The number of hydrazine groups is 1. The van der Waals surface area contributed by atoms with E-state index >= 15 is 0 Å². The summed E-state index contributed by atoms with van der Waals surface area (Å²) in [4.78, 5) is 36.4. The number of esters is 1. The molecule has 10 nitrogen and oxygen atoms in total. The van der Waals surface area contributed by atoms with Crippen molar-refractivity contribution >= 4 is 29.4 Å². The highest BCUT2D eigenvalue weighted by Gasteiger charge is 2.27. The summed E-state index contributed by atoms with van der Waals surface area (Å²) >= 11 is 6.13. The van der Waals surface area contributed by atoms with Gasteiger partial charge in [-0.05, 0) is 31.2 Å². The first-order valence-corrected chi connectivity index (χ1v) is 9.95. The summed E-state index contributed by atoms with van der Waals surface area (Å²) in [6.45, 7) is 1.48. The molecular weight excluding hydrogens is 444 g/mol. The van der Waals surface area contributed by atoms with Crippen molar-refractivity contribution in [3.8, 4) is 23.0 Å². The van der Waals surface area contributed by atoms with Gasteiger partial charge in [-0.25, -0.2) is 4.79 Å². The molecule has 0 fully saturated rings. The Morgan fingerprint density at radius 1 is 1.16 bits per heavy atom. The fourth-order valence-electron chi connectivity index (χ4n) is 2.73. The van der Waals surface area contributed by atoms with Crippen LogP contribution in [0.2, 0.25) is 5.02 Å². The highest BCUT2D eigenvalue weighted by molar-refractivity contribution is 6.32. The summed E-state index contributed by atoms with van der Waals surface area (Å²) in [7, 11) is 1.40. The molecule has 170 valence electrons. The number of methoxy groups -OCH3 is 1. The van der Waals surface area contributed by atoms with Crippen LogP contribution in [0.1, 0.15) is 17.3 Å². The number of ether oxygens (including phenoxy) is 5. The van der Waals surface area contributed by atoms with Gasteiger partial charge in [0, 0.05) is 0 Å². The minimum atomic E-state index is -0.953. The van der Waals surface area contributed by atoms with E-state index in [0.717, 1.165) is 0 Å². The summed E-state index contributed by atoms with van der Waals surface area (Å²) in [5.74, 6) is -0.697. The fraction of sp³-hybridized carbons (Fsp3) is 0.286. The van der Waals surface area contributed by atoms with Gasteiger partial charge in [0.25, 0.3) is 11.8 Å². The van der Waals surface area contributed by atoms with E-state index in [2.05, 4.69) is 10.9 Å². The van der Waals surface area contributed by atoms with Crippen LogP contribution in [0.4, 0.5) is 0 Å². The lowest BCUT2D eigenvalue weighted by molar-refractivity contribution is -0.135. The number of hydrogen-bond donors (Lipinski definition) is 2. The molecule has 11 heteroatoms. The Morgan fingerprint density at radius 3 is 2.62 bits per heavy atom. The number of benzene rings is 2. The van der Waals surface area contributed by atoms with Crippen LogP contribution in [0, 0.1) is 0 Å². The van der Waals surface area contributed by atoms with Crippen molar-refractivity contribution in [2.45, 2.75) is 13.0 Å². The zero-order chi connectivity index (χ0) is 23.1. The normalized spacial score (nSPS) is 14.2. The number of nitrogens with one attached hydrogen (secondary N) is 2. The van der Waals surface area contributed by atoms with Gasteiger partial charge in [-0.3, -0.25) is 20.4 Å². The Balaban J connectivity index is 1.48. The smallest absolute Gasteiger partial charge is 0.338 e. The molecule has 0 spiro atoms. The summed E-state index contributed by atoms with van der Waals surface area (Å²) in [5, 5.41) is 0.158. The molecule has 0 bridgehead atoms. The maximum Gasteiger partial charge on any atom is 0.338 e. The molecular formula is C21H21ClN2O8. The Bertz CT molecular complexity index is 1010. The van der Waals surface area contributed by atoms with Gasteiger partial charge in [-0.15, -0.1) is 0 Å². The minimum absolute atomic E-state index is 0.0198. The summed E-state index contributed by atoms with van der Waals surface area (Å²) in [6.07, 6.45) is -0.953. The van der Waals surface area contributed by atoms with E-state index in [1.807, 2.05) is 0 Å². The predicted octanol–water partition coefficient (Wildman–Crippen LogP) is 1.89. The predicted molar refractivity (Wildman–Crippen MR) is 112 cm³/mol. The Morgan fingerprint density at radius 2 is 1.91 bits per heavy atom. The highest BCUT2D eigenvalue weighted by Crippen LogP contribution is 2.36. The van der Waals surface area contributed by atoms with E-state index in [0.29, 0.717) is 23.9 Å². The molecule has 2 aromatic rings. The molecule has 2 N–H and O–H groups in total. The third kappa shape index (κ3) is 5.52. The van der Waals surface area contributed by atoms with Crippen molar-refractivity contribution in [2.75, 3.05) is 26.9 Å². The van der Waals surface area contributed by atoms with E-state index in [1.54, 1.807) is 31.2 Å². The van der Waals surface area contributed by atoms with Crippen LogP contribution in [0.5, 0.6) is 23.0 Å². The van der Waals surface area contributed by atoms with Gasteiger partial charge in [-0.1, -0.05) is 23.7 Å². The van der Waals surface area contributed by atoms with E-state index in [-0.39, 0.29) is 22.9 Å². The van der Waals surface area contributed by atoms with Crippen molar-refractivity contribution in [3.63, 3.8) is 0 Å². The van der Waals surface area contributed by atoms with Crippen LogP contribution in [0.3, 0.4) is 0 Å². The second-order valence-corrected chi connectivity index (χ2v) is 6.81. The number of halogens is 1. The Labute approximate surface area is 188 Å². The van der Waals surface area contributed by atoms with Gasteiger partial charge in [0.2, 0.25) is 6.10 Å². The molecule has 32 heavy (non-hydrogen) atoms. The van der Waals surface area contributed by atoms with E-state index in [4.69, 9.17) is 35.3 Å². The standard InChI is InChI=1S/C21H21ClN2O8/c1-3-29-19-13(22)8-12(9-16(19)28-2)21(27)31-11-18(25)23-24-20(26)17-10-30-14-6-4-5-7-15(14)32-17/h4-9,17H,3,10-11H2,1-2H3,(H,23,25)(H,24,26). The summed E-state index contributed by atoms with van der Waals surface area (Å²) in [6, 6.07) is 9.63. The van der Waals surface area contributed by atoms with Crippen molar-refractivity contribution in [3.05, 3.63) is 47.0 Å². The number of fused-ring (bicyclic) bond motifs is 1. The largest absolute Gasteiger partial charge is 0.493 e. The lowest BCUT2D eigenvalue weighted by Crippen LogP contribution is -2.51. The van der Waals surface area contributed by atoms with Gasteiger partial charge in [0.05, 0.1) is 24.3 Å². The molecule has 1 aliphatic heterocycles. The number of rotatable bonds is 7. The first kappa shape index (κ1) is 23.0. The molecule has 1 unspecified atom stereocenters. The zero-order valence-corrected chi connectivity index (χ0v) is 18.1. The molecule has 3 rings (SSSR count). The number of carbonyl (C=O) groups is 3. The number of carbonyl (C=O) groups excluding carboxylic acids is 3. The van der Waals surface area contributed by atoms with Gasteiger partial charge >= 0.3 is 5.97 Å². The minimum Gasteiger partial charge on any atom is -0.493 e. The first-order valence-electron chi connectivity index (χ1n) is 9.57. The molecule has 2 aromatic carbocycles. The lowest BCUT2D eigenvalue weighted by Gasteiger charge is -2.25. The quantitative estimate of drug-likeness (QED) is 0.470. The molecule has 1 aliphatic rings. The maximum atomic E-state index is 12.3. The van der Waals surface area contributed by atoms with Crippen LogP contribution in [0.25, 0.3) is 0 Å². The maximum absolute atomic E-state index is 12.3. The van der Waals surface area contributed by atoms with Gasteiger partial charge < -0.3 is 23.7 Å². The third-order valence-electron chi connectivity index (χ3n) is 4.21. The van der Waals surface area contributed by atoms with E-state index in [9.17, 15) is 14.4 Å². The Kier molecular flexibility index (Phi) is 7.61. The van der Waals surface area contributed by atoms with Crippen molar-refractivity contribution in [1.29, 1.82) is 0 Å². The molecule has 0 saturated carbocycles. The first-order chi connectivity index (χ1) is 15.4. The second kappa shape index (κ2) is 10.6. The average Bonchev–Trinajstić information content (AvgIpc) is 2.81. The van der Waals surface area contributed by atoms with Gasteiger partial charge in [0.1, 0.15) is 6.61 Å². The van der Waals surface area contributed by atoms with Crippen LogP contribution in [0.15, 0.2) is 36.4 Å². The van der Waals surface area contributed by atoms with Gasteiger partial charge in [-0.2, -0.15) is 0 Å².